The largest absolute Gasteiger partial charge is 0.480 e. The monoisotopic (exact) mass is 389 g/mol. The van der Waals surface area contributed by atoms with Gasteiger partial charge in [-0.25, -0.2) is 4.79 Å². The first kappa shape index (κ1) is 19.2. The first-order valence-electron chi connectivity index (χ1n) is 8.66. The number of halogens is 1. The maximum Gasteiger partial charge on any atom is 0.341 e. The Morgan fingerprint density at radius 3 is 2.70 bits per heavy atom. The van der Waals surface area contributed by atoms with Crippen LogP contribution in [0.2, 0.25) is 5.02 Å². The molecule has 142 valence electrons. The summed E-state index contributed by atoms with van der Waals surface area (Å²) < 4.78 is 11.0. The van der Waals surface area contributed by atoms with Gasteiger partial charge >= 0.3 is 5.97 Å². The molecular weight excluding hydrogens is 370 g/mol. The van der Waals surface area contributed by atoms with Crippen LogP contribution in [0.5, 0.6) is 5.75 Å². The predicted molar refractivity (Wildman–Crippen MR) is 101 cm³/mol. The summed E-state index contributed by atoms with van der Waals surface area (Å²) in [6, 6.07) is 14.4. The van der Waals surface area contributed by atoms with Gasteiger partial charge in [-0.15, -0.1) is 0 Å². The molecule has 1 aliphatic heterocycles. The number of ether oxygens (including phenoxy) is 2. The summed E-state index contributed by atoms with van der Waals surface area (Å²) >= 11 is 6.11. The lowest BCUT2D eigenvalue weighted by molar-refractivity contribution is -0.139. The van der Waals surface area contributed by atoms with Crippen LogP contribution in [0.1, 0.15) is 24.5 Å². The molecule has 1 fully saturated rings. The molecule has 2 N–H and O–H groups in total. The number of carbonyl (C=O) groups excluding carboxylic acids is 1. The molecule has 0 saturated carbocycles. The number of carboxylic acids is 1. The van der Waals surface area contributed by atoms with Crippen molar-refractivity contribution >= 4 is 29.2 Å². The van der Waals surface area contributed by atoms with E-state index in [1.165, 1.54) is 12.1 Å². The number of carbonyl (C=O) groups is 2. The molecule has 1 heterocycles. The highest BCUT2D eigenvalue weighted by atomic mass is 35.5. The first-order valence-corrected chi connectivity index (χ1v) is 9.04. The van der Waals surface area contributed by atoms with Gasteiger partial charge < -0.3 is 19.9 Å². The van der Waals surface area contributed by atoms with Gasteiger partial charge in [-0.3, -0.25) is 4.79 Å². The van der Waals surface area contributed by atoms with Gasteiger partial charge in [0, 0.05) is 12.3 Å². The minimum Gasteiger partial charge on any atom is -0.480 e. The molecule has 0 radical (unpaired) electrons. The third kappa shape index (κ3) is 4.99. The molecule has 2 aromatic carbocycles. The van der Waals surface area contributed by atoms with E-state index in [1.807, 2.05) is 30.3 Å². The van der Waals surface area contributed by atoms with E-state index in [1.54, 1.807) is 6.07 Å². The van der Waals surface area contributed by atoms with Gasteiger partial charge in [-0.1, -0.05) is 41.9 Å². The Hall–Kier alpha value is -2.57. The number of benzene rings is 2. The maximum atomic E-state index is 12.8. The second-order valence-electron chi connectivity index (χ2n) is 6.27. The summed E-state index contributed by atoms with van der Waals surface area (Å²) in [6.07, 6.45) is 1.27. The van der Waals surface area contributed by atoms with Crippen LogP contribution in [0.15, 0.2) is 48.5 Å². The summed E-state index contributed by atoms with van der Waals surface area (Å²) in [5.74, 6) is -1.28. The molecule has 3 rings (SSSR count). The van der Waals surface area contributed by atoms with Gasteiger partial charge in [0.2, 0.25) is 5.91 Å². The lowest BCUT2D eigenvalue weighted by atomic mass is 9.88. The Balaban J connectivity index is 1.70. The van der Waals surface area contributed by atoms with Gasteiger partial charge in [0.1, 0.15) is 5.75 Å². The van der Waals surface area contributed by atoms with Crippen molar-refractivity contribution in [1.29, 1.82) is 0 Å². The van der Waals surface area contributed by atoms with Gasteiger partial charge in [-0.05, 0) is 36.6 Å². The van der Waals surface area contributed by atoms with Crippen molar-refractivity contribution in [3.8, 4) is 5.75 Å². The third-order valence-electron chi connectivity index (χ3n) is 4.34. The Kier molecular flexibility index (Phi) is 6.32. The second-order valence-corrected chi connectivity index (χ2v) is 6.67. The van der Waals surface area contributed by atoms with Crippen molar-refractivity contribution < 1.29 is 24.2 Å². The number of anilines is 1. The zero-order valence-corrected chi connectivity index (χ0v) is 15.3. The zero-order chi connectivity index (χ0) is 19.2. The van der Waals surface area contributed by atoms with E-state index in [0.717, 1.165) is 18.4 Å². The molecule has 1 amide bonds. The van der Waals surface area contributed by atoms with Crippen LogP contribution >= 0.6 is 11.6 Å². The highest BCUT2D eigenvalue weighted by Crippen LogP contribution is 2.35. The lowest BCUT2D eigenvalue weighted by Gasteiger charge is -2.31. The molecule has 0 spiro atoms. The topological polar surface area (TPSA) is 84.9 Å². The van der Waals surface area contributed by atoms with Gasteiger partial charge in [0.25, 0.3) is 0 Å². The minimum absolute atomic E-state index is 0.140. The maximum absolute atomic E-state index is 12.8. The smallest absolute Gasteiger partial charge is 0.341 e. The molecule has 0 aromatic heterocycles. The van der Waals surface area contributed by atoms with E-state index in [9.17, 15) is 9.59 Å². The van der Waals surface area contributed by atoms with Gasteiger partial charge in [0.05, 0.1) is 17.0 Å². The molecule has 2 atom stereocenters. The summed E-state index contributed by atoms with van der Waals surface area (Å²) in [7, 11) is 0. The highest BCUT2D eigenvalue weighted by molar-refractivity contribution is 6.32. The summed E-state index contributed by atoms with van der Waals surface area (Å²) in [5, 5.41) is 11.8. The fraction of sp³-hybridized carbons (Fsp3) is 0.300. The molecule has 0 bridgehead atoms. The van der Waals surface area contributed by atoms with Crippen molar-refractivity contribution in [3.05, 3.63) is 59.1 Å². The minimum atomic E-state index is -1.09. The third-order valence-corrected chi connectivity index (χ3v) is 4.63. The van der Waals surface area contributed by atoms with Crippen LogP contribution < -0.4 is 10.1 Å². The number of aliphatic carboxylic acids is 1. The van der Waals surface area contributed by atoms with E-state index < -0.39 is 12.6 Å². The predicted octanol–water partition coefficient (Wildman–Crippen LogP) is 3.91. The first-order chi connectivity index (χ1) is 13.0. The van der Waals surface area contributed by atoms with Crippen LogP contribution in [-0.4, -0.2) is 30.2 Å². The van der Waals surface area contributed by atoms with Crippen LogP contribution in [-0.2, 0) is 14.3 Å². The van der Waals surface area contributed by atoms with Crippen molar-refractivity contribution in [2.75, 3.05) is 18.5 Å². The number of hydrogen-bond acceptors (Lipinski definition) is 4. The van der Waals surface area contributed by atoms with E-state index in [4.69, 9.17) is 26.2 Å². The molecule has 1 aliphatic rings. The standard InChI is InChI=1S/C20H20ClNO5/c21-16-11-14(8-9-17(16)27-12-18(23)24)22-20(25)15-7-4-10-26-19(15)13-5-2-1-3-6-13/h1-3,5-6,8-9,11,15,19H,4,7,10,12H2,(H,22,25)(H,23,24). The van der Waals surface area contributed by atoms with Crippen LogP contribution in [0.3, 0.4) is 0 Å². The summed E-state index contributed by atoms with van der Waals surface area (Å²) in [4.78, 5) is 23.4. The number of hydrogen-bond donors (Lipinski definition) is 2. The van der Waals surface area contributed by atoms with Gasteiger partial charge in [-0.2, -0.15) is 0 Å². The summed E-state index contributed by atoms with van der Waals surface area (Å²) in [6.45, 7) is 0.147. The van der Waals surface area contributed by atoms with Crippen molar-refractivity contribution in [1.82, 2.24) is 0 Å². The molecular formula is C20H20ClNO5. The van der Waals surface area contributed by atoms with Crippen molar-refractivity contribution in [3.63, 3.8) is 0 Å². The fourth-order valence-electron chi connectivity index (χ4n) is 3.09. The second kappa shape index (κ2) is 8.88. The normalized spacial score (nSPS) is 19.3. The van der Waals surface area contributed by atoms with E-state index in [0.29, 0.717) is 12.3 Å². The van der Waals surface area contributed by atoms with Crippen LogP contribution in [0, 0.1) is 5.92 Å². The number of carboxylic acid groups (broad SMARTS) is 1. The van der Waals surface area contributed by atoms with E-state index in [2.05, 4.69) is 5.32 Å². The molecule has 1 saturated heterocycles. The Morgan fingerprint density at radius 1 is 1.22 bits per heavy atom. The van der Waals surface area contributed by atoms with Crippen molar-refractivity contribution in [2.24, 2.45) is 5.92 Å². The number of amides is 1. The average Bonchev–Trinajstić information content (AvgIpc) is 2.68. The quantitative estimate of drug-likeness (QED) is 0.782. The Morgan fingerprint density at radius 2 is 2.00 bits per heavy atom. The molecule has 2 aromatic rings. The molecule has 27 heavy (non-hydrogen) atoms. The molecule has 0 aliphatic carbocycles. The summed E-state index contributed by atoms with van der Waals surface area (Å²) in [5.41, 5.74) is 1.50. The SMILES string of the molecule is O=C(O)COc1ccc(NC(=O)C2CCCOC2c2ccccc2)cc1Cl. The Labute approximate surface area is 162 Å². The lowest BCUT2D eigenvalue weighted by Crippen LogP contribution is -2.33. The van der Waals surface area contributed by atoms with Crippen LogP contribution in [0.4, 0.5) is 5.69 Å². The molecule has 2 unspecified atom stereocenters. The molecule has 6 nitrogen and oxygen atoms in total. The Bertz CT molecular complexity index is 811. The highest BCUT2D eigenvalue weighted by Gasteiger charge is 2.33. The number of rotatable bonds is 6. The van der Waals surface area contributed by atoms with Crippen LogP contribution in [0.25, 0.3) is 0 Å². The number of nitrogens with one attached hydrogen (secondary N) is 1. The zero-order valence-electron chi connectivity index (χ0n) is 14.6. The van der Waals surface area contributed by atoms with Crippen molar-refractivity contribution in [2.45, 2.75) is 18.9 Å². The average molecular weight is 390 g/mol. The fourth-order valence-corrected chi connectivity index (χ4v) is 3.33. The van der Waals surface area contributed by atoms with E-state index >= 15 is 0 Å². The van der Waals surface area contributed by atoms with E-state index in [-0.39, 0.29) is 28.7 Å². The van der Waals surface area contributed by atoms with Gasteiger partial charge in [0.15, 0.2) is 6.61 Å². The molecule has 7 heteroatoms.